The van der Waals surface area contributed by atoms with E-state index < -0.39 is 137 Å². The third kappa shape index (κ3) is 27.8. The number of ether oxygens (including phenoxy) is 3. The number of hydrogen-bond acceptors (Lipinski definition) is 18. The minimum atomic E-state index is -1.42. The van der Waals surface area contributed by atoms with Crippen LogP contribution in [-0.4, -0.2) is 219 Å². The van der Waals surface area contributed by atoms with E-state index in [4.69, 9.17) is 14.2 Å². The monoisotopic (exact) mass is 1690 g/mol. The van der Waals surface area contributed by atoms with Crippen LogP contribution in [0.1, 0.15) is 304 Å². The topological polar surface area (TPSA) is 405 Å². The molecular formula is C90H150N12O18. The molecule has 16 atom stereocenters. The molecule has 3 aliphatic carbocycles. The second-order valence-corrected chi connectivity index (χ2v) is 39.9. The van der Waals surface area contributed by atoms with E-state index >= 15 is 0 Å². The number of carbonyl (C=O) groups is 14. The van der Waals surface area contributed by atoms with E-state index in [0.717, 1.165) is 135 Å². The molecule has 0 aromatic heterocycles. The molecule has 3 saturated carbocycles. The van der Waals surface area contributed by atoms with Crippen LogP contribution in [0.5, 0.6) is 0 Å². The number of Topliss-reactive ketones (excluding diaryl/α,β-unsaturated/α-hetero) is 2. The number of fused-ring (bicyclic) bond motifs is 9. The van der Waals surface area contributed by atoms with Crippen LogP contribution in [-0.2, 0) is 67.0 Å². The highest BCUT2D eigenvalue weighted by molar-refractivity contribution is 6.39. The van der Waals surface area contributed by atoms with E-state index in [9.17, 15) is 72.2 Å². The number of amides is 12. The normalized spacial score (nSPS) is 29.7. The Bertz CT molecular complexity index is 3430. The van der Waals surface area contributed by atoms with Gasteiger partial charge in [-0.15, -0.1) is 6.58 Å². The molecule has 0 bridgehead atoms. The molecule has 9 rings (SSSR count). The zero-order chi connectivity index (χ0) is 89.0. The summed E-state index contributed by atoms with van der Waals surface area (Å²) in [4.78, 5) is 190. The lowest BCUT2D eigenvalue weighted by Crippen LogP contribution is -2.59. The van der Waals surface area contributed by atoms with Gasteiger partial charge in [0.2, 0.25) is 47.0 Å². The molecule has 9 aliphatic rings. The predicted octanol–water partition coefficient (Wildman–Crippen LogP) is 9.97. The van der Waals surface area contributed by atoms with Crippen molar-refractivity contribution in [2.45, 2.75) is 381 Å². The highest BCUT2D eigenvalue weighted by Gasteiger charge is 2.72. The number of ketones is 2. The number of hydrogen-bond donors (Lipinski definition) is 10. The molecule has 30 heteroatoms. The van der Waals surface area contributed by atoms with E-state index in [2.05, 4.69) is 96.0 Å². The summed E-state index contributed by atoms with van der Waals surface area (Å²) in [5.74, 6) is -4.98. The molecule has 6 saturated heterocycles. The lowest BCUT2D eigenvalue weighted by molar-refractivity contribution is -0.144. The van der Waals surface area contributed by atoms with Crippen LogP contribution in [0.3, 0.4) is 0 Å². The first-order valence-corrected chi connectivity index (χ1v) is 45.3. The first-order chi connectivity index (χ1) is 56.3. The number of carbonyl (C=O) groups excluding carboxylic acids is 14. The van der Waals surface area contributed by atoms with Gasteiger partial charge >= 0.3 is 18.3 Å². The Labute approximate surface area is 713 Å². The molecular weight excluding hydrogens is 1540 g/mol. The van der Waals surface area contributed by atoms with Crippen molar-refractivity contribution >= 4 is 83.0 Å². The Morgan fingerprint density at radius 2 is 0.692 bits per heavy atom. The molecule has 0 radical (unpaired) electrons. The summed E-state index contributed by atoms with van der Waals surface area (Å²) in [6.07, 6.45) is 21.3. The van der Waals surface area contributed by atoms with Gasteiger partial charge in [-0.2, -0.15) is 0 Å². The predicted molar refractivity (Wildman–Crippen MR) is 455 cm³/mol. The maximum absolute atomic E-state index is 13.9. The molecule has 120 heavy (non-hydrogen) atoms. The fourth-order valence-corrected chi connectivity index (χ4v) is 19.0. The molecule has 678 valence electrons. The highest BCUT2D eigenvalue weighted by atomic mass is 16.6. The standard InChI is InChI=1S/3C30H50N4O6/c3*1-7-17-31-26(37)24(35)20-15-13-11-9-8-10-12-14-16-21(33-28(39)40-29(2,3)4)27(38)34-18-19-22(30(19,5)6)23(34)25(36)32-20/h2*19-23H,7-18H2,1-6H3,(H,31,37)(H,32,36)(H,33,39);7,19-24,35H,1,8-18H2,2-6H3,(H,31,37)(H,32,36)(H,33,39)/t2*19-,20-,21-,22-,23-;19-,20-,21-,22-,23-,24?/m000/s1. The van der Waals surface area contributed by atoms with Crippen LogP contribution >= 0.6 is 0 Å². The average Bonchev–Trinajstić information content (AvgIpc) is 1.54. The number of rotatable bonds is 15. The first-order valence-electron chi connectivity index (χ1n) is 45.3. The summed E-state index contributed by atoms with van der Waals surface area (Å²) < 4.78 is 16.3. The van der Waals surface area contributed by atoms with Crippen LogP contribution in [0.2, 0.25) is 0 Å². The van der Waals surface area contributed by atoms with Gasteiger partial charge in [-0.3, -0.25) is 52.7 Å². The molecule has 1 unspecified atom stereocenters. The first kappa shape index (κ1) is 99.2. The lowest BCUT2D eigenvalue weighted by Gasteiger charge is -2.34. The Kier molecular flexibility index (Phi) is 36.3. The SMILES string of the molecule is C=CCNC(=O)C(O)[C@@H]1CCCCCCCCC[C@H](NC(=O)OC(C)(C)C)C(=O)N2C[C@H]3[C@@H]([C@H]2C(=O)N1)C3(C)C.CCCNC(=O)C(=O)[C@@H]1CCCCCCCCC[C@H](NC(=O)OC(C)(C)C)C(=O)N2C[C@H]3[C@@H]([C@H]2C(=O)N1)C3(C)C.CCCNC(=O)C(=O)[C@@H]1CCCCCCCCC[C@H](NC(=O)OC(C)(C)C)C(=O)N2C[C@H]3[C@@H]([C@H]2C(=O)N1)C3(C)C. The van der Waals surface area contributed by atoms with E-state index in [-0.39, 0.29) is 81.9 Å². The van der Waals surface area contributed by atoms with Gasteiger partial charge in [0, 0.05) is 39.3 Å². The summed E-state index contributed by atoms with van der Waals surface area (Å²) in [6, 6.07) is -7.35. The van der Waals surface area contributed by atoms with Crippen molar-refractivity contribution in [3.05, 3.63) is 12.7 Å². The van der Waals surface area contributed by atoms with Crippen molar-refractivity contribution in [3.63, 3.8) is 0 Å². The number of piperidine rings is 3. The van der Waals surface area contributed by atoms with Gasteiger partial charge in [-0.1, -0.05) is 196 Å². The summed E-state index contributed by atoms with van der Waals surface area (Å²) >= 11 is 0. The fraction of sp³-hybridized carbons (Fsp3) is 0.822. The van der Waals surface area contributed by atoms with E-state index in [0.29, 0.717) is 84.1 Å². The van der Waals surface area contributed by atoms with E-state index in [1.807, 2.05) is 13.8 Å². The summed E-state index contributed by atoms with van der Waals surface area (Å²) in [7, 11) is 0. The quantitative estimate of drug-likeness (QED) is 0.0414. The number of aliphatic hydroxyl groups excluding tert-OH is 1. The molecule has 6 heterocycles. The molecule has 9 fully saturated rings. The van der Waals surface area contributed by atoms with Crippen molar-refractivity contribution in [2.75, 3.05) is 39.3 Å². The van der Waals surface area contributed by atoms with Gasteiger partial charge in [0.25, 0.3) is 17.7 Å². The Morgan fingerprint density at radius 3 is 0.967 bits per heavy atom. The number of aliphatic hydroxyl groups is 1. The van der Waals surface area contributed by atoms with Gasteiger partial charge in [0.1, 0.15) is 53.1 Å². The van der Waals surface area contributed by atoms with Crippen molar-refractivity contribution < 1.29 is 86.4 Å². The number of alkyl carbamates (subject to hydrolysis) is 3. The average molecular weight is 1690 g/mol. The smallest absolute Gasteiger partial charge is 0.408 e. The third-order valence-corrected chi connectivity index (χ3v) is 25.9. The zero-order valence-corrected chi connectivity index (χ0v) is 75.5. The fourth-order valence-electron chi connectivity index (χ4n) is 19.0. The van der Waals surface area contributed by atoms with Crippen LogP contribution in [0.4, 0.5) is 14.4 Å². The Balaban J connectivity index is 0.000000248. The van der Waals surface area contributed by atoms with E-state index in [1.54, 1.807) is 77.0 Å². The van der Waals surface area contributed by atoms with Crippen LogP contribution in [0.25, 0.3) is 0 Å². The van der Waals surface area contributed by atoms with Gasteiger partial charge in [-0.25, -0.2) is 14.4 Å². The minimum absolute atomic E-state index is 0.0371. The molecule has 0 spiro atoms. The van der Waals surface area contributed by atoms with E-state index in [1.165, 1.54) is 6.08 Å². The molecule has 6 aliphatic heterocycles. The summed E-state index contributed by atoms with van der Waals surface area (Å²) in [5, 5.41) is 35.8. The number of nitrogens with one attached hydrogen (secondary N) is 9. The Morgan fingerprint density at radius 1 is 0.425 bits per heavy atom. The lowest BCUT2D eigenvalue weighted by atomic mass is 9.96. The van der Waals surface area contributed by atoms with Gasteiger partial charge in [-0.05, 0) is 165 Å². The van der Waals surface area contributed by atoms with Crippen molar-refractivity contribution in [1.29, 1.82) is 0 Å². The van der Waals surface area contributed by atoms with Crippen LogP contribution < -0.4 is 47.9 Å². The Hall–Kier alpha value is -7.92. The van der Waals surface area contributed by atoms with Gasteiger partial charge in [0.15, 0.2) is 6.10 Å². The highest BCUT2D eigenvalue weighted by Crippen LogP contribution is 2.67. The minimum Gasteiger partial charge on any atom is -0.444 e. The molecule has 10 N–H and O–H groups in total. The summed E-state index contributed by atoms with van der Waals surface area (Å²) in [6.45, 7) is 38.1. The molecule has 30 nitrogen and oxygen atoms in total. The van der Waals surface area contributed by atoms with Crippen molar-refractivity contribution in [2.24, 2.45) is 51.8 Å². The summed E-state index contributed by atoms with van der Waals surface area (Å²) in [5.41, 5.74) is -2.47. The maximum Gasteiger partial charge on any atom is 0.408 e. The largest absolute Gasteiger partial charge is 0.444 e. The van der Waals surface area contributed by atoms with Crippen LogP contribution in [0, 0.1) is 51.8 Å². The van der Waals surface area contributed by atoms with Crippen LogP contribution in [0.15, 0.2) is 12.7 Å². The molecule has 0 aromatic rings. The third-order valence-electron chi connectivity index (χ3n) is 25.9. The van der Waals surface area contributed by atoms with Gasteiger partial charge in [0.05, 0.1) is 18.1 Å². The van der Waals surface area contributed by atoms with Crippen molar-refractivity contribution in [1.82, 2.24) is 62.6 Å². The zero-order valence-electron chi connectivity index (χ0n) is 75.5. The maximum atomic E-state index is 13.9. The number of nitrogens with zero attached hydrogens (tertiary/aromatic N) is 3. The second-order valence-electron chi connectivity index (χ2n) is 39.9. The second kappa shape index (κ2) is 43.9. The molecule has 12 amide bonds. The van der Waals surface area contributed by atoms with Gasteiger partial charge < -0.3 is 81.9 Å². The van der Waals surface area contributed by atoms with Crippen molar-refractivity contribution in [3.8, 4) is 0 Å². The molecule has 0 aromatic carbocycles.